The number of rotatable bonds is 2. The molecule has 0 nitrogen and oxygen atoms in total. The predicted molar refractivity (Wildman–Crippen MR) is 61.9 cm³/mol. The topological polar surface area (TPSA) is 0 Å². The third kappa shape index (κ3) is 1.96. The third-order valence-electron chi connectivity index (χ3n) is 2.31. The van der Waals surface area contributed by atoms with Crippen LogP contribution in [0.15, 0.2) is 55.1 Å². The molecule has 0 amide bonds. The van der Waals surface area contributed by atoms with Crippen molar-refractivity contribution < 1.29 is 4.39 Å². The summed E-state index contributed by atoms with van der Waals surface area (Å²) in [4.78, 5) is 0. The molecule has 0 radical (unpaired) electrons. The van der Waals surface area contributed by atoms with Crippen LogP contribution in [0.5, 0.6) is 0 Å². The minimum absolute atomic E-state index is 0.202. The van der Waals surface area contributed by atoms with Crippen LogP contribution in [0, 0.1) is 5.82 Å². The van der Waals surface area contributed by atoms with Crippen molar-refractivity contribution in [3.8, 4) is 11.1 Å². The Morgan fingerprint density at radius 1 is 1.00 bits per heavy atom. The minimum atomic E-state index is -0.202. The van der Waals surface area contributed by atoms with Crippen LogP contribution in [0.1, 0.15) is 5.56 Å². The summed E-state index contributed by atoms with van der Waals surface area (Å²) in [6.45, 7) is 3.67. The summed E-state index contributed by atoms with van der Waals surface area (Å²) in [5, 5.41) is 0. The Morgan fingerprint density at radius 3 is 2.40 bits per heavy atom. The highest BCUT2D eigenvalue weighted by atomic mass is 19.1. The molecule has 0 aliphatic carbocycles. The number of hydrogen-bond donors (Lipinski definition) is 0. The van der Waals surface area contributed by atoms with Crippen molar-refractivity contribution in [2.24, 2.45) is 0 Å². The normalized spacial score (nSPS) is 9.93. The van der Waals surface area contributed by atoms with Gasteiger partial charge in [-0.3, -0.25) is 0 Å². The first-order valence-electron chi connectivity index (χ1n) is 4.78. The van der Waals surface area contributed by atoms with Gasteiger partial charge in [-0.2, -0.15) is 0 Å². The van der Waals surface area contributed by atoms with Gasteiger partial charge in [0.25, 0.3) is 0 Å². The lowest BCUT2D eigenvalue weighted by atomic mass is 10.0. The van der Waals surface area contributed by atoms with Gasteiger partial charge >= 0.3 is 0 Å². The molecule has 74 valence electrons. The van der Waals surface area contributed by atoms with Crippen LogP contribution in [0.4, 0.5) is 4.39 Å². The Kier molecular flexibility index (Phi) is 2.64. The van der Waals surface area contributed by atoms with E-state index in [-0.39, 0.29) is 5.82 Å². The van der Waals surface area contributed by atoms with Crippen molar-refractivity contribution in [1.29, 1.82) is 0 Å². The van der Waals surface area contributed by atoms with E-state index in [4.69, 9.17) is 0 Å². The molecule has 0 aromatic heterocycles. The molecule has 0 unspecified atom stereocenters. The van der Waals surface area contributed by atoms with E-state index >= 15 is 0 Å². The van der Waals surface area contributed by atoms with Crippen LogP contribution < -0.4 is 0 Å². The molecular weight excluding hydrogens is 187 g/mol. The molecule has 0 saturated carbocycles. The van der Waals surface area contributed by atoms with Crippen molar-refractivity contribution in [3.05, 3.63) is 66.5 Å². The van der Waals surface area contributed by atoms with Gasteiger partial charge in [0.05, 0.1) is 0 Å². The van der Waals surface area contributed by atoms with Gasteiger partial charge in [0.15, 0.2) is 0 Å². The summed E-state index contributed by atoms with van der Waals surface area (Å²) in [5.41, 5.74) is 2.43. The Bertz CT molecular complexity index is 472. The van der Waals surface area contributed by atoms with Gasteiger partial charge in [-0.25, -0.2) is 4.39 Å². The van der Waals surface area contributed by atoms with E-state index in [0.29, 0.717) is 5.56 Å². The van der Waals surface area contributed by atoms with E-state index in [1.807, 2.05) is 30.3 Å². The Hall–Kier alpha value is -1.89. The van der Waals surface area contributed by atoms with Crippen molar-refractivity contribution in [2.45, 2.75) is 0 Å². The maximum atomic E-state index is 13.6. The molecular formula is C14H11F. The summed E-state index contributed by atoms with van der Waals surface area (Å²) in [6, 6.07) is 14.5. The van der Waals surface area contributed by atoms with Crippen LogP contribution in [-0.2, 0) is 0 Å². The van der Waals surface area contributed by atoms with E-state index in [0.717, 1.165) is 11.1 Å². The van der Waals surface area contributed by atoms with E-state index in [2.05, 4.69) is 6.58 Å². The molecule has 0 heterocycles. The predicted octanol–water partition coefficient (Wildman–Crippen LogP) is 4.14. The quantitative estimate of drug-likeness (QED) is 0.680. The van der Waals surface area contributed by atoms with Crippen molar-refractivity contribution in [1.82, 2.24) is 0 Å². The lowest BCUT2D eigenvalue weighted by Crippen LogP contribution is -1.85. The van der Waals surface area contributed by atoms with Crippen LogP contribution >= 0.6 is 0 Å². The first kappa shape index (κ1) is 9.66. The fraction of sp³-hybridized carbons (Fsp3) is 0. The lowest BCUT2D eigenvalue weighted by molar-refractivity contribution is 0.631. The monoisotopic (exact) mass is 198 g/mol. The molecule has 0 spiro atoms. The average molecular weight is 198 g/mol. The van der Waals surface area contributed by atoms with Gasteiger partial charge in [0.2, 0.25) is 0 Å². The van der Waals surface area contributed by atoms with Gasteiger partial charge in [-0.15, -0.1) is 0 Å². The molecule has 1 heteroatoms. The summed E-state index contributed by atoms with van der Waals surface area (Å²) >= 11 is 0. The molecule has 2 aromatic rings. The molecule has 15 heavy (non-hydrogen) atoms. The number of hydrogen-bond acceptors (Lipinski definition) is 0. The fourth-order valence-corrected chi connectivity index (χ4v) is 1.51. The van der Waals surface area contributed by atoms with Crippen LogP contribution in [0.3, 0.4) is 0 Å². The molecule has 2 aromatic carbocycles. The van der Waals surface area contributed by atoms with E-state index in [1.165, 1.54) is 6.07 Å². The van der Waals surface area contributed by atoms with Crippen molar-refractivity contribution >= 4 is 6.08 Å². The highest BCUT2D eigenvalue weighted by molar-refractivity contribution is 5.67. The van der Waals surface area contributed by atoms with Gasteiger partial charge in [-0.1, -0.05) is 49.1 Å². The molecule has 0 N–H and O–H groups in total. The first-order chi connectivity index (χ1) is 7.31. The third-order valence-corrected chi connectivity index (χ3v) is 2.31. The second kappa shape index (κ2) is 4.09. The van der Waals surface area contributed by atoms with Gasteiger partial charge < -0.3 is 0 Å². The molecule has 0 aliphatic heterocycles. The highest BCUT2D eigenvalue weighted by Crippen LogP contribution is 2.23. The van der Waals surface area contributed by atoms with Crippen molar-refractivity contribution in [3.63, 3.8) is 0 Å². The molecule has 0 atom stereocenters. The van der Waals surface area contributed by atoms with Gasteiger partial charge in [-0.05, 0) is 23.3 Å². The van der Waals surface area contributed by atoms with E-state index in [1.54, 1.807) is 18.2 Å². The Balaban J connectivity index is 2.57. The van der Waals surface area contributed by atoms with Crippen LogP contribution in [0.25, 0.3) is 17.2 Å². The van der Waals surface area contributed by atoms with E-state index < -0.39 is 0 Å². The standard InChI is InChI=1S/C14H11F/c1-2-11-8-9-14(15)13(10-11)12-6-4-3-5-7-12/h2-10H,1H2. The Morgan fingerprint density at radius 2 is 1.73 bits per heavy atom. The maximum absolute atomic E-state index is 13.6. The average Bonchev–Trinajstić information content (AvgIpc) is 2.31. The van der Waals surface area contributed by atoms with Gasteiger partial charge in [0.1, 0.15) is 5.82 Å². The SMILES string of the molecule is C=Cc1ccc(F)c(-c2ccccc2)c1. The van der Waals surface area contributed by atoms with Crippen LogP contribution in [-0.4, -0.2) is 0 Å². The first-order valence-corrected chi connectivity index (χ1v) is 4.78. The lowest BCUT2D eigenvalue weighted by Gasteiger charge is -2.04. The zero-order valence-corrected chi connectivity index (χ0v) is 8.28. The summed E-state index contributed by atoms with van der Waals surface area (Å²) < 4.78 is 13.6. The Labute approximate surface area is 88.7 Å². The summed E-state index contributed by atoms with van der Waals surface area (Å²) in [7, 11) is 0. The minimum Gasteiger partial charge on any atom is -0.206 e. The van der Waals surface area contributed by atoms with Gasteiger partial charge in [0, 0.05) is 5.56 Å². The molecule has 0 saturated heterocycles. The second-order valence-corrected chi connectivity index (χ2v) is 3.31. The molecule has 0 aliphatic rings. The molecule has 0 bridgehead atoms. The maximum Gasteiger partial charge on any atom is 0.131 e. The number of benzene rings is 2. The van der Waals surface area contributed by atoms with E-state index in [9.17, 15) is 4.39 Å². The largest absolute Gasteiger partial charge is 0.206 e. The smallest absolute Gasteiger partial charge is 0.131 e. The molecule has 0 fully saturated rings. The second-order valence-electron chi connectivity index (χ2n) is 3.31. The zero-order valence-electron chi connectivity index (χ0n) is 8.28. The molecule has 2 rings (SSSR count). The fourth-order valence-electron chi connectivity index (χ4n) is 1.51. The van der Waals surface area contributed by atoms with Crippen molar-refractivity contribution in [2.75, 3.05) is 0 Å². The summed E-state index contributed by atoms with van der Waals surface area (Å²) in [5.74, 6) is -0.202. The summed E-state index contributed by atoms with van der Waals surface area (Å²) in [6.07, 6.45) is 1.71. The number of halogens is 1. The van der Waals surface area contributed by atoms with Crippen LogP contribution in [0.2, 0.25) is 0 Å². The highest BCUT2D eigenvalue weighted by Gasteiger charge is 2.04. The zero-order chi connectivity index (χ0) is 10.7.